The second-order valence-corrected chi connectivity index (χ2v) is 6.90. The third-order valence-electron chi connectivity index (χ3n) is 4.42. The van der Waals surface area contributed by atoms with Crippen molar-refractivity contribution in [1.82, 2.24) is 0 Å². The Bertz CT molecular complexity index is 996. The second kappa shape index (κ2) is 16.4. The third kappa shape index (κ3) is 10.4. The highest BCUT2D eigenvalue weighted by Crippen LogP contribution is 2.27. The molecule has 0 heterocycles. The summed E-state index contributed by atoms with van der Waals surface area (Å²) in [5.74, 6) is 1.36. The van der Waals surface area contributed by atoms with Gasteiger partial charge in [0.25, 0.3) is 0 Å². The molecule has 178 valence electrons. The van der Waals surface area contributed by atoms with Crippen LogP contribution in [0, 0.1) is 0 Å². The molecule has 0 aliphatic carbocycles. The molecule has 0 saturated carbocycles. The Morgan fingerprint density at radius 1 is 0.765 bits per heavy atom. The lowest BCUT2D eigenvalue weighted by molar-refractivity contribution is -0.104. The van der Waals surface area contributed by atoms with Crippen molar-refractivity contribution in [2.45, 2.75) is 12.8 Å². The standard InChI is InChI=1S/2C10H12O2.C9H8O/c2*1-3-4-8-5-6-9(11)10(7-8)12-2;10-8-4-7-9-5-2-1-3-6-9/h2*3,5-7,11H,1,4H2,2H3;1-8H. The zero-order valence-electron chi connectivity index (χ0n) is 19.7. The van der Waals surface area contributed by atoms with Gasteiger partial charge in [-0.25, -0.2) is 0 Å². The van der Waals surface area contributed by atoms with Crippen LogP contribution in [0.25, 0.3) is 6.08 Å². The van der Waals surface area contributed by atoms with Crippen molar-refractivity contribution in [2.24, 2.45) is 0 Å². The molecule has 0 spiro atoms. The fourth-order valence-corrected chi connectivity index (χ4v) is 2.75. The monoisotopic (exact) mass is 460 g/mol. The average molecular weight is 461 g/mol. The van der Waals surface area contributed by atoms with Gasteiger partial charge in [0.2, 0.25) is 0 Å². The number of phenols is 2. The fraction of sp³-hybridized carbons (Fsp3) is 0.138. The first-order valence-electron chi connectivity index (χ1n) is 10.6. The van der Waals surface area contributed by atoms with Gasteiger partial charge in [-0.05, 0) is 59.9 Å². The van der Waals surface area contributed by atoms with Crippen LogP contribution in [0.15, 0.2) is 98.1 Å². The van der Waals surface area contributed by atoms with Crippen molar-refractivity contribution < 1.29 is 24.5 Å². The minimum absolute atomic E-state index is 0.172. The number of allylic oxidation sites excluding steroid dienone is 3. The van der Waals surface area contributed by atoms with E-state index in [1.807, 2.05) is 54.6 Å². The first-order chi connectivity index (χ1) is 16.5. The van der Waals surface area contributed by atoms with E-state index in [2.05, 4.69) is 13.2 Å². The number of methoxy groups -OCH3 is 2. The number of carbonyl (C=O) groups is 1. The van der Waals surface area contributed by atoms with Gasteiger partial charge >= 0.3 is 0 Å². The fourth-order valence-electron chi connectivity index (χ4n) is 2.75. The predicted molar refractivity (Wildman–Crippen MR) is 139 cm³/mol. The molecule has 0 unspecified atom stereocenters. The molecule has 2 N–H and O–H groups in total. The highest BCUT2D eigenvalue weighted by molar-refractivity contribution is 5.73. The summed E-state index contributed by atoms with van der Waals surface area (Å²) in [5.41, 5.74) is 3.22. The smallest absolute Gasteiger partial charge is 0.160 e. The van der Waals surface area contributed by atoms with E-state index in [4.69, 9.17) is 9.47 Å². The van der Waals surface area contributed by atoms with Gasteiger partial charge in [0, 0.05) is 0 Å². The van der Waals surface area contributed by atoms with E-state index in [-0.39, 0.29) is 11.5 Å². The molecule has 0 bridgehead atoms. The number of ether oxygens (including phenoxy) is 2. The van der Waals surface area contributed by atoms with Gasteiger partial charge in [-0.2, -0.15) is 0 Å². The SMILES string of the molecule is C=CCc1ccc(O)c(OC)c1.C=CCc1ccc(O)c(OC)c1.O=CC=Cc1ccccc1. The van der Waals surface area contributed by atoms with E-state index in [1.54, 1.807) is 30.3 Å². The Morgan fingerprint density at radius 2 is 1.24 bits per heavy atom. The van der Waals surface area contributed by atoms with Crippen molar-refractivity contribution >= 4 is 12.4 Å². The van der Waals surface area contributed by atoms with Gasteiger partial charge in [0.05, 0.1) is 14.2 Å². The summed E-state index contributed by atoms with van der Waals surface area (Å²) < 4.78 is 9.90. The number of carbonyl (C=O) groups excluding carboxylic acids is 1. The Labute approximate surface area is 201 Å². The van der Waals surface area contributed by atoms with E-state index >= 15 is 0 Å². The lowest BCUT2D eigenvalue weighted by Gasteiger charge is -2.04. The van der Waals surface area contributed by atoms with Crippen LogP contribution in [0.2, 0.25) is 0 Å². The molecule has 3 aromatic rings. The minimum Gasteiger partial charge on any atom is -0.504 e. The number of hydrogen-bond donors (Lipinski definition) is 2. The molecule has 0 radical (unpaired) electrons. The van der Waals surface area contributed by atoms with Crippen molar-refractivity contribution in [3.05, 3.63) is 115 Å². The first-order valence-corrected chi connectivity index (χ1v) is 10.6. The molecular weight excluding hydrogens is 428 g/mol. The van der Waals surface area contributed by atoms with Crippen LogP contribution in [0.5, 0.6) is 23.0 Å². The molecule has 0 aliphatic rings. The molecule has 0 fully saturated rings. The van der Waals surface area contributed by atoms with Crippen molar-refractivity contribution in [3.8, 4) is 23.0 Å². The molecule has 0 aliphatic heterocycles. The van der Waals surface area contributed by atoms with E-state index in [9.17, 15) is 15.0 Å². The normalized spacial score (nSPS) is 9.59. The summed E-state index contributed by atoms with van der Waals surface area (Å²) in [4.78, 5) is 9.89. The zero-order chi connectivity index (χ0) is 25.2. The Kier molecular flexibility index (Phi) is 13.4. The maximum absolute atomic E-state index is 9.89. The maximum Gasteiger partial charge on any atom is 0.160 e. The molecule has 3 rings (SSSR count). The predicted octanol–water partition coefficient (Wildman–Crippen LogP) is 6.16. The van der Waals surface area contributed by atoms with Crippen LogP contribution in [-0.4, -0.2) is 30.7 Å². The van der Waals surface area contributed by atoms with E-state index in [0.29, 0.717) is 11.5 Å². The number of rotatable bonds is 8. The van der Waals surface area contributed by atoms with Gasteiger partial charge in [-0.1, -0.05) is 60.7 Å². The summed E-state index contributed by atoms with van der Waals surface area (Å²) in [6, 6.07) is 20.2. The van der Waals surface area contributed by atoms with Crippen LogP contribution >= 0.6 is 0 Å². The Hall–Kier alpha value is -4.25. The van der Waals surface area contributed by atoms with Crippen LogP contribution in [0.1, 0.15) is 16.7 Å². The van der Waals surface area contributed by atoms with Crippen molar-refractivity contribution in [2.75, 3.05) is 14.2 Å². The molecule has 0 aromatic heterocycles. The van der Waals surface area contributed by atoms with Crippen LogP contribution in [0.3, 0.4) is 0 Å². The summed E-state index contributed by atoms with van der Waals surface area (Å²) in [6.45, 7) is 7.26. The Balaban J connectivity index is 0.000000256. The largest absolute Gasteiger partial charge is 0.504 e. The van der Waals surface area contributed by atoms with Gasteiger partial charge in [0.15, 0.2) is 23.0 Å². The van der Waals surface area contributed by atoms with Crippen molar-refractivity contribution in [3.63, 3.8) is 0 Å². The van der Waals surface area contributed by atoms with Crippen LogP contribution < -0.4 is 9.47 Å². The number of aldehydes is 1. The summed E-state index contributed by atoms with van der Waals surface area (Å²) in [5, 5.41) is 18.5. The molecular formula is C29H32O5. The summed E-state index contributed by atoms with van der Waals surface area (Å²) >= 11 is 0. The average Bonchev–Trinajstić information content (AvgIpc) is 2.87. The van der Waals surface area contributed by atoms with Crippen molar-refractivity contribution in [1.29, 1.82) is 0 Å². The van der Waals surface area contributed by atoms with Gasteiger partial charge in [-0.15, -0.1) is 13.2 Å². The van der Waals surface area contributed by atoms with Gasteiger partial charge in [-0.3, -0.25) is 4.79 Å². The van der Waals surface area contributed by atoms with E-state index in [0.717, 1.165) is 35.8 Å². The maximum atomic E-state index is 9.89. The second-order valence-electron chi connectivity index (χ2n) is 6.90. The number of aromatic hydroxyl groups is 2. The molecule has 5 nitrogen and oxygen atoms in total. The quantitative estimate of drug-likeness (QED) is 0.239. The Morgan fingerprint density at radius 3 is 1.62 bits per heavy atom. The molecule has 0 amide bonds. The van der Waals surface area contributed by atoms with Gasteiger partial charge < -0.3 is 19.7 Å². The molecule has 5 heteroatoms. The highest BCUT2D eigenvalue weighted by Gasteiger charge is 2.01. The number of hydrogen-bond acceptors (Lipinski definition) is 5. The summed E-state index contributed by atoms with van der Waals surface area (Å²) in [7, 11) is 3.07. The summed E-state index contributed by atoms with van der Waals surface area (Å²) in [6.07, 6.45) is 9.22. The van der Waals surface area contributed by atoms with E-state index < -0.39 is 0 Å². The zero-order valence-corrected chi connectivity index (χ0v) is 19.7. The molecule has 34 heavy (non-hydrogen) atoms. The minimum atomic E-state index is 0.172. The number of benzene rings is 3. The third-order valence-corrected chi connectivity index (χ3v) is 4.42. The van der Waals surface area contributed by atoms with E-state index in [1.165, 1.54) is 20.3 Å². The number of phenolic OH excluding ortho intramolecular Hbond substituents is 2. The highest BCUT2D eigenvalue weighted by atomic mass is 16.5. The van der Waals surface area contributed by atoms with Crippen LogP contribution in [0.4, 0.5) is 0 Å². The van der Waals surface area contributed by atoms with Crippen LogP contribution in [-0.2, 0) is 17.6 Å². The molecule has 3 aromatic carbocycles. The lowest BCUT2D eigenvalue weighted by Crippen LogP contribution is -1.86. The lowest BCUT2D eigenvalue weighted by atomic mass is 10.1. The topological polar surface area (TPSA) is 76.0 Å². The first kappa shape index (κ1) is 27.8. The van der Waals surface area contributed by atoms with Gasteiger partial charge in [0.1, 0.15) is 6.29 Å². The molecule has 0 atom stereocenters. The molecule has 0 saturated heterocycles.